The van der Waals surface area contributed by atoms with Crippen LogP contribution in [0.4, 0.5) is 4.70 Å². The first-order valence-electron chi connectivity index (χ1n) is 6.67. The van der Waals surface area contributed by atoms with Crippen LogP contribution < -0.4 is 65.3 Å². The number of hydrogen-bond acceptors (Lipinski definition) is 10. The van der Waals surface area contributed by atoms with Crippen molar-refractivity contribution in [2.24, 2.45) is 0 Å². The number of thioether (sulfide) groups is 2. The topological polar surface area (TPSA) is 120 Å². The molecule has 0 unspecified atom stereocenters. The number of nitrogens with zero attached hydrogens (tertiary/aromatic N) is 3. The number of carboxylic acids is 1. The Labute approximate surface area is 275 Å². The monoisotopic (exact) mass is 604 g/mol. The average Bonchev–Trinajstić information content (AvgIpc) is 2.60. The summed E-state index contributed by atoms with van der Waals surface area (Å²) in [6, 6.07) is 0. The minimum absolute atomic E-state index is 0. The quantitative estimate of drug-likeness (QED) is 0.134. The molecule has 0 saturated carbocycles. The van der Waals surface area contributed by atoms with Gasteiger partial charge in [-0.15, -0.1) is 23.5 Å². The molecule has 34 heavy (non-hydrogen) atoms. The van der Waals surface area contributed by atoms with Crippen molar-refractivity contribution < 1.29 is 83.3 Å². The smallest absolute Gasteiger partial charge is 0.819 e. The van der Waals surface area contributed by atoms with Crippen LogP contribution in [0.5, 0.6) is 0 Å². The van der Waals surface area contributed by atoms with Crippen molar-refractivity contribution in [3.63, 3.8) is 0 Å². The number of carboxylic acid groups (broad SMARTS) is 1. The van der Waals surface area contributed by atoms with E-state index in [1.807, 2.05) is 4.31 Å². The van der Waals surface area contributed by atoms with E-state index in [1.165, 1.54) is 37.4 Å². The van der Waals surface area contributed by atoms with Crippen molar-refractivity contribution in [2.75, 3.05) is 19.1 Å². The standard InChI is InChI=1S/C6H7NO2S2.C5H5NOS2.C4H5NO.CS2.CH4.FH.H3N.2Na/c1-7-4(5(8)9)6(10-2)11-3;1-3(7)4(6-2)5(8)9;1-4(6)3-5-2;2-1-3;;;;;/h2-3H3,(H,8,9);8-9H,1H3;3H2,1H3;;1H4;1H;1H3;;/q;;;;;;;2*+1/p-2. The third-order valence-corrected chi connectivity index (χ3v) is 4.33. The van der Waals surface area contributed by atoms with E-state index in [9.17, 15) is 14.4 Å². The fraction of sp³-hybridized carbons (Fsp3) is 0.353. The van der Waals surface area contributed by atoms with Crippen LogP contribution in [0.3, 0.4) is 0 Å². The number of thiocarbonyl (C=S) groups is 2. The van der Waals surface area contributed by atoms with Gasteiger partial charge in [0.2, 0.25) is 5.78 Å². The number of carbonyl (C=O) groups is 3. The second-order valence-electron chi connectivity index (χ2n) is 3.87. The number of carbonyl (C=O) groups excluding carboxylic acids is 2. The van der Waals surface area contributed by atoms with Gasteiger partial charge in [0.25, 0.3) is 12.2 Å². The van der Waals surface area contributed by atoms with Crippen molar-refractivity contribution >= 4 is 95.1 Å². The summed E-state index contributed by atoms with van der Waals surface area (Å²) in [5.74, 6) is -1.58. The molecule has 180 valence electrons. The van der Waals surface area contributed by atoms with E-state index in [4.69, 9.17) is 24.8 Å². The minimum Gasteiger partial charge on any atom is -0.819 e. The molecule has 0 aliphatic rings. The Bertz CT molecular complexity index is 806. The number of ketones is 2. The van der Waals surface area contributed by atoms with Crippen LogP contribution in [-0.4, -0.2) is 46.0 Å². The number of allylic oxidation sites excluding steroid dienone is 1. The molecular formula is C17H23FN4Na2O4S6. The summed E-state index contributed by atoms with van der Waals surface area (Å²) < 4.78 is 2.42. The Hall–Kier alpha value is 0.0100. The van der Waals surface area contributed by atoms with E-state index in [0.29, 0.717) is 4.24 Å². The molecule has 0 radical (unpaired) electrons. The average molecular weight is 605 g/mol. The van der Waals surface area contributed by atoms with E-state index >= 15 is 0 Å². The Balaban J connectivity index is -0.0000000356. The molecule has 0 bridgehead atoms. The van der Waals surface area contributed by atoms with Crippen LogP contribution in [0.15, 0.2) is 19.9 Å². The zero-order valence-corrected chi connectivity index (χ0v) is 27.7. The van der Waals surface area contributed by atoms with Gasteiger partial charge in [-0.1, -0.05) is 7.43 Å². The predicted molar refractivity (Wildman–Crippen MR) is 144 cm³/mol. The first kappa shape index (κ1) is 59.2. The molecule has 0 heterocycles. The van der Waals surface area contributed by atoms with Crippen LogP contribution in [-0.2, 0) is 39.6 Å². The van der Waals surface area contributed by atoms with Crippen LogP contribution in [0.2, 0.25) is 0 Å². The van der Waals surface area contributed by atoms with Gasteiger partial charge in [-0.05, 0) is 43.9 Å². The fourth-order valence-electron chi connectivity index (χ4n) is 0.837. The Morgan fingerprint density at radius 2 is 1.29 bits per heavy atom. The molecule has 0 rings (SSSR count). The molecule has 17 heteroatoms. The van der Waals surface area contributed by atoms with Gasteiger partial charge in [0.05, 0.1) is 17.4 Å². The van der Waals surface area contributed by atoms with Crippen molar-refractivity contribution in [1.82, 2.24) is 6.15 Å². The molecule has 0 spiro atoms. The van der Waals surface area contributed by atoms with Crippen LogP contribution in [0, 0.1) is 19.7 Å². The van der Waals surface area contributed by atoms with E-state index in [2.05, 4.69) is 64.2 Å². The molecule has 0 fully saturated rings. The zero-order valence-electron chi connectivity index (χ0n) is 18.8. The molecule has 0 aromatic rings. The van der Waals surface area contributed by atoms with Crippen LogP contribution in [0.25, 0.3) is 14.5 Å². The summed E-state index contributed by atoms with van der Waals surface area (Å²) in [6.07, 6.45) is 3.50. The molecule has 0 aromatic heterocycles. The maximum atomic E-state index is 10.4. The Morgan fingerprint density at radius 1 is 0.971 bits per heavy atom. The Kier molecular flexibility index (Phi) is 75.1. The molecule has 0 aliphatic carbocycles. The van der Waals surface area contributed by atoms with Crippen molar-refractivity contribution in [1.29, 1.82) is 0 Å². The number of Topliss-reactive ketones (excluding diaryl/α,β-unsaturated/α-hetero) is 2. The SMILES string of the molecule is C.F.N.S=C=S.[C-]#[N+]C(C(=O)O)=C(SC)SC.[C-]#[N+]C(C(C)=O)=C([S-])[S-].[C-]#[N+]CC(C)=O.[Na+].[Na+]. The van der Waals surface area contributed by atoms with Gasteiger partial charge in [-0.3, -0.25) is 14.3 Å². The summed E-state index contributed by atoms with van der Waals surface area (Å²) in [6.45, 7) is 21.9. The summed E-state index contributed by atoms with van der Waals surface area (Å²) >= 11 is 19.3. The third-order valence-electron chi connectivity index (χ3n) is 1.82. The first-order chi connectivity index (χ1) is 13.4. The second-order valence-corrected chi connectivity index (χ2v) is 7.50. The molecule has 0 amide bonds. The largest absolute Gasteiger partial charge is 1.00 e. The number of aliphatic carboxylic acids is 1. The summed E-state index contributed by atoms with van der Waals surface area (Å²) in [4.78, 5) is 39.2. The van der Waals surface area contributed by atoms with Gasteiger partial charge in [0, 0.05) is 11.2 Å². The summed E-state index contributed by atoms with van der Waals surface area (Å²) in [5, 5.41) is 8.51. The van der Waals surface area contributed by atoms with Gasteiger partial charge in [-0.2, -0.15) is 0 Å². The van der Waals surface area contributed by atoms with Gasteiger partial charge in [-0.25, -0.2) is 16.3 Å². The van der Waals surface area contributed by atoms with E-state index in [1.54, 1.807) is 12.5 Å². The number of hydrogen-bond donors (Lipinski definition) is 2. The predicted octanol–water partition coefficient (Wildman–Crippen LogP) is -0.886. The van der Waals surface area contributed by atoms with Crippen molar-refractivity contribution in [3.05, 3.63) is 54.1 Å². The van der Waals surface area contributed by atoms with E-state index < -0.39 is 5.97 Å². The first-order valence-corrected chi connectivity index (χ1v) is 10.7. The molecule has 0 aromatic carbocycles. The molecular weight excluding hydrogens is 582 g/mol. The molecule has 0 atom stereocenters. The molecule has 0 aliphatic heterocycles. The number of rotatable bonds is 5. The summed E-state index contributed by atoms with van der Waals surface area (Å²) in [5.41, 5.74) is -0.301. The van der Waals surface area contributed by atoms with Crippen LogP contribution >= 0.6 is 48.0 Å². The Morgan fingerprint density at radius 3 is 1.32 bits per heavy atom. The maximum absolute atomic E-state index is 10.4. The van der Waals surface area contributed by atoms with Gasteiger partial charge < -0.3 is 50.4 Å². The van der Waals surface area contributed by atoms with Gasteiger partial charge >= 0.3 is 65.1 Å². The van der Waals surface area contributed by atoms with Crippen molar-refractivity contribution in [3.8, 4) is 0 Å². The maximum Gasteiger partial charge on any atom is 1.00 e. The van der Waals surface area contributed by atoms with E-state index in [0.717, 1.165) is 0 Å². The van der Waals surface area contributed by atoms with Crippen LogP contribution in [0.1, 0.15) is 21.3 Å². The van der Waals surface area contributed by atoms with Gasteiger partial charge in [0.15, 0.2) is 11.5 Å². The zero-order chi connectivity index (χ0) is 24.0. The molecule has 4 N–H and O–H groups in total. The number of halogens is 1. The normalized spacial score (nSPS) is 6.15. The second kappa shape index (κ2) is 43.1. The fourth-order valence-corrected chi connectivity index (χ4v) is 2.53. The van der Waals surface area contributed by atoms with E-state index in [-0.39, 0.29) is 111 Å². The van der Waals surface area contributed by atoms with Crippen molar-refractivity contribution in [2.45, 2.75) is 21.3 Å². The molecule has 8 nitrogen and oxygen atoms in total. The van der Waals surface area contributed by atoms with Gasteiger partial charge in [0.1, 0.15) is 0 Å². The summed E-state index contributed by atoms with van der Waals surface area (Å²) in [7, 11) is 0. The molecule has 0 saturated heterocycles. The minimum atomic E-state index is -1.15. The third kappa shape index (κ3) is 42.2.